The molecule has 1 saturated heterocycles. The van der Waals surface area contributed by atoms with E-state index < -0.39 is 0 Å². The average Bonchev–Trinajstić information content (AvgIpc) is 3.28. The fourth-order valence-electron chi connectivity index (χ4n) is 3.64. The summed E-state index contributed by atoms with van der Waals surface area (Å²) in [4.78, 5) is 19.6. The van der Waals surface area contributed by atoms with Crippen LogP contribution in [0.15, 0.2) is 72.9 Å². The Morgan fingerprint density at radius 2 is 1.64 bits per heavy atom. The van der Waals surface area contributed by atoms with Crippen LogP contribution >= 0.6 is 0 Å². The number of pyridine rings is 1. The number of aromatic nitrogens is 1. The molecule has 2 heterocycles. The van der Waals surface area contributed by atoms with Crippen LogP contribution in [-0.4, -0.2) is 24.0 Å². The smallest absolute Gasteiger partial charge is 0.251 e. The molecule has 4 heteroatoms. The van der Waals surface area contributed by atoms with Gasteiger partial charge in [-0.3, -0.25) is 4.79 Å². The molecule has 142 valence electrons. The molecule has 0 aliphatic carbocycles. The molecule has 2 aromatic carbocycles. The summed E-state index contributed by atoms with van der Waals surface area (Å²) < 4.78 is 0. The van der Waals surface area contributed by atoms with Gasteiger partial charge in [-0.15, -0.1) is 0 Å². The van der Waals surface area contributed by atoms with Crippen LogP contribution in [0.25, 0.3) is 0 Å². The standard InChI is InChI=1S/C24H25N3O/c28-24(22-11-5-4-10-21(22)16-19-8-2-1-3-9-19)26-18-20-12-13-23(25-17-20)27-14-6-7-15-27/h1-5,8-13,17H,6-7,14-16,18H2,(H,26,28). The third-order valence-corrected chi connectivity index (χ3v) is 5.19. The largest absolute Gasteiger partial charge is 0.357 e. The summed E-state index contributed by atoms with van der Waals surface area (Å²) in [6.45, 7) is 2.65. The second-order valence-corrected chi connectivity index (χ2v) is 7.22. The van der Waals surface area contributed by atoms with Gasteiger partial charge in [-0.2, -0.15) is 0 Å². The normalized spacial score (nSPS) is 13.5. The van der Waals surface area contributed by atoms with Crippen LogP contribution in [0, 0.1) is 0 Å². The lowest BCUT2D eigenvalue weighted by atomic mass is 9.99. The molecule has 1 aromatic heterocycles. The molecular formula is C24H25N3O. The molecule has 1 N–H and O–H groups in total. The van der Waals surface area contributed by atoms with Gasteiger partial charge in [-0.1, -0.05) is 54.6 Å². The Kier molecular flexibility index (Phi) is 5.66. The average molecular weight is 371 g/mol. The van der Waals surface area contributed by atoms with E-state index in [-0.39, 0.29) is 5.91 Å². The van der Waals surface area contributed by atoms with E-state index in [0.29, 0.717) is 6.54 Å². The molecule has 0 bridgehead atoms. The fourth-order valence-corrected chi connectivity index (χ4v) is 3.64. The van der Waals surface area contributed by atoms with Crippen molar-refractivity contribution in [2.45, 2.75) is 25.8 Å². The van der Waals surface area contributed by atoms with Gasteiger partial charge in [0.15, 0.2) is 0 Å². The van der Waals surface area contributed by atoms with Gasteiger partial charge in [0.25, 0.3) is 5.91 Å². The fraction of sp³-hybridized carbons (Fsp3) is 0.250. The van der Waals surface area contributed by atoms with Gasteiger partial charge in [0.2, 0.25) is 0 Å². The summed E-state index contributed by atoms with van der Waals surface area (Å²) in [6, 6.07) is 22.1. The molecule has 0 saturated carbocycles. The maximum atomic E-state index is 12.8. The van der Waals surface area contributed by atoms with Crippen LogP contribution in [0.1, 0.15) is 39.9 Å². The summed E-state index contributed by atoms with van der Waals surface area (Å²) in [5, 5.41) is 3.04. The molecule has 1 aliphatic heterocycles. The lowest BCUT2D eigenvalue weighted by Crippen LogP contribution is -2.24. The third-order valence-electron chi connectivity index (χ3n) is 5.19. The highest BCUT2D eigenvalue weighted by molar-refractivity contribution is 5.95. The number of nitrogens with zero attached hydrogens (tertiary/aromatic N) is 2. The van der Waals surface area contributed by atoms with E-state index in [9.17, 15) is 4.79 Å². The molecule has 0 unspecified atom stereocenters. The molecular weight excluding hydrogens is 346 g/mol. The van der Waals surface area contributed by atoms with Crippen molar-refractivity contribution in [2.24, 2.45) is 0 Å². The maximum absolute atomic E-state index is 12.8. The van der Waals surface area contributed by atoms with Crippen molar-refractivity contribution in [2.75, 3.05) is 18.0 Å². The molecule has 4 rings (SSSR count). The Labute approximate surface area is 166 Å². The first-order chi connectivity index (χ1) is 13.8. The van der Waals surface area contributed by atoms with Gasteiger partial charge in [0, 0.05) is 31.4 Å². The third kappa shape index (κ3) is 4.39. The van der Waals surface area contributed by atoms with E-state index in [1.54, 1.807) is 0 Å². The minimum Gasteiger partial charge on any atom is -0.357 e. The van der Waals surface area contributed by atoms with Crippen molar-refractivity contribution in [1.29, 1.82) is 0 Å². The minimum atomic E-state index is -0.0462. The quantitative estimate of drug-likeness (QED) is 0.706. The van der Waals surface area contributed by atoms with Gasteiger partial charge in [-0.05, 0) is 48.1 Å². The number of carbonyl (C=O) groups is 1. The highest BCUT2D eigenvalue weighted by Crippen LogP contribution is 2.18. The van der Waals surface area contributed by atoms with E-state index in [4.69, 9.17) is 0 Å². The number of benzene rings is 2. The summed E-state index contributed by atoms with van der Waals surface area (Å²) >= 11 is 0. The van der Waals surface area contributed by atoms with Gasteiger partial charge in [0.1, 0.15) is 5.82 Å². The Balaban J connectivity index is 1.40. The van der Waals surface area contributed by atoms with Crippen molar-refractivity contribution in [3.63, 3.8) is 0 Å². The first kappa shape index (κ1) is 18.2. The number of rotatable bonds is 6. The van der Waals surface area contributed by atoms with Gasteiger partial charge in [0.05, 0.1) is 0 Å². The molecule has 0 atom stereocenters. The number of carbonyl (C=O) groups excluding carboxylic acids is 1. The Morgan fingerprint density at radius 3 is 2.39 bits per heavy atom. The number of hydrogen-bond donors (Lipinski definition) is 1. The van der Waals surface area contributed by atoms with E-state index in [1.165, 1.54) is 18.4 Å². The summed E-state index contributed by atoms with van der Waals surface area (Å²) in [6.07, 6.45) is 5.09. The van der Waals surface area contributed by atoms with E-state index >= 15 is 0 Å². The van der Waals surface area contributed by atoms with Gasteiger partial charge in [-0.25, -0.2) is 4.98 Å². The predicted octanol–water partition coefficient (Wildman–Crippen LogP) is 4.20. The van der Waals surface area contributed by atoms with Crippen molar-refractivity contribution >= 4 is 11.7 Å². The molecule has 0 spiro atoms. The molecule has 4 nitrogen and oxygen atoms in total. The van der Waals surface area contributed by atoms with Crippen molar-refractivity contribution in [3.05, 3.63) is 95.2 Å². The maximum Gasteiger partial charge on any atom is 0.251 e. The minimum absolute atomic E-state index is 0.0462. The second-order valence-electron chi connectivity index (χ2n) is 7.22. The van der Waals surface area contributed by atoms with E-state index in [2.05, 4.69) is 39.5 Å². The van der Waals surface area contributed by atoms with Gasteiger partial charge >= 0.3 is 0 Å². The number of nitrogens with one attached hydrogen (secondary N) is 1. The monoisotopic (exact) mass is 371 g/mol. The van der Waals surface area contributed by atoms with Crippen LogP contribution in [0.5, 0.6) is 0 Å². The first-order valence-electron chi connectivity index (χ1n) is 9.89. The molecule has 28 heavy (non-hydrogen) atoms. The van der Waals surface area contributed by atoms with Crippen LogP contribution < -0.4 is 10.2 Å². The zero-order chi connectivity index (χ0) is 19.2. The van der Waals surface area contributed by atoms with Crippen molar-refractivity contribution in [3.8, 4) is 0 Å². The number of anilines is 1. The molecule has 3 aromatic rings. The van der Waals surface area contributed by atoms with Crippen molar-refractivity contribution < 1.29 is 4.79 Å². The summed E-state index contributed by atoms with van der Waals surface area (Å²) in [7, 11) is 0. The van der Waals surface area contributed by atoms with Gasteiger partial charge < -0.3 is 10.2 Å². The van der Waals surface area contributed by atoms with E-state index in [0.717, 1.165) is 42.0 Å². The van der Waals surface area contributed by atoms with E-state index in [1.807, 2.05) is 48.7 Å². The SMILES string of the molecule is O=C(NCc1ccc(N2CCCC2)nc1)c1ccccc1Cc1ccccc1. The Bertz CT molecular complexity index is 916. The topological polar surface area (TPSA) is 45.2 Å². The molecule has 1 amide bonds. The van der Waals surface area contributed by atoms with Crippen LogP contribution in [0.2, 0.25) is 0 Å². The zero-order valence-corrected chi connectivity index (χ0v) is 16.0. The summed E-state index contributed by atoms with van der Waals surface area (Å²) in [5.74, 6) is 0.982. The molecule has 1 aliphatic rings. The van der Waals surface area contributed by atoms with Crippen LogP contribution in [0.3, 0.4) is 0 Å². The van der Waals surface area contributed by atoms with Crippen LogP contribution in [0.4, 0.5) is 5.82 Å². The number of amides is 1. The summed E-state index contributed by atoms with van der Waals surface area (Å²) in [5.41, 5.74) is 3.97. The lowest BCUT2D eigenvalue weighted by molar-refractivity contribution is 0.0950. The second kappa shape index (κ2) is 8.70. The molecule has 0 radical (unpaired) electrons. The Morgan fingerprint density at radius 1 is 0.893 bits per heavy atom. The van der Waals surface area contributed by atoms with Crippen molar-refractivity contribution in [1.82, 2.24) is 10.3 Å². The Hall–Kier alpha value is -3.14. The van der Waals surface area contributed by atoms with Crippen LogP contribution in [-0.2, 0) is 13.0 Å². The highest BCUT2D eigenvalue weighted by Gasteiger charge is 2.14. The lowest BCUT2D eigenvalue weighted by Gasteiger charge is -2.16. The highest BCUT2D eigenvalue weighted by atomic mass is 16.1. The molecule has 1 fully saturated rings. The zero-order valence-electron chi connectivity index (χ0n) is 16.0. The predicted molar refractivity (Wildman–Crippen MR) is 113 cm³/mol. The number of hydrogen-bond acceptors (Lipinski definition) is 3. The first-order valence-corrected chi connectivity index (χ1v) is 9.89.